The van der Waals surface area contributed by atoms with E-state index in [0.29, 0.717) is 19.7 Å². The van der Waals surface area contributed by atoms with Crippen LogP contribution < -0.4 is 15.4 Å². The third-order valence-electron chi connectivity index (χ3n) is 4.55. The lowest BCUT2D eigenvalue weighted by molar-refractivity contribution is 0.236. The van der Waals surface area contributed by atoms with Gasteiger partial charge in [-0.1, -0.05) is 30.3 Å². The van der Waals surface area contributed by atoms with E-state index in [-0.39, 0.29) is 6.03 Å². The third kappa shape index (κ3) is 4.36. The average molecular weight is 351 g/mol. The van der Waals surface area contributed by atoms with Crippen LogP contribution in [0, 0.1) is 13.8 Å². The second kappa shape index (κ2) is 8.43. The Bertz CT molecular complexity index is 886. The number of nitrogens with one attached hydrogen (secondary N) is 3. The van der Waals surface area contributed by atoms with Crippen molar-refractivity contribution >= 4 is 16.9 Å². The number of aromatic amines is 1. The molecule has 2 aromatic carbocycles. The van der Waals surface area contributed by atoms with E-state index in [1.807, 2.05) is 37.4 Å². The number of H-pyrrole nitrogens is 1. The third-order valence-corrected chi connectivity index (χ3v) is 4.55. The maximum absolute atomic E-state index is 11.9. The van der Waals surface area contributed by atoms with E-state index in [4.69, 9.17) is 4.74 Å². The Morgan fingerprint density at radius 1 is 1.04 bits per heavy atom. The number of aromatic nitrogens is 1. The molecule has 0 saturated heterocycles. The molecule has 2 amide bonds. The number of fused-ring (bicyclic) bond motifs is 1. The Morgan fingerprint density at radius 3 is 2.73 bits per heavy atom. The van der Waals surface area contributed by atoms with Crippen LogP contribution in [0.4, 0.5) is 4.79 Å². The zero-order chi connectivity index (χ0) is 18.4. The number of amides is 2. The Balaban J connectivity index is 1.36. The predicted molar refractivity (Wildman–Crippen MR) is 105 cm³/mol. The molecule has 0 radical (unpaired) electrons. The zero-order valence-corrected chi connectivity index (χ0v) is 15.3. The number of rotatable bonds is 7. The molecule has 0 unspecified atom stereocenters. The van der Waals surface area contributed by atoms with Gasteiger partial charge in [0, 0.05) is 23.6 Å². The quantitative estimate of drug-likeness (QED) is 0.568. The number of benzene rings is 2. The number of hydrogen-bond donors (Lipinski definition) is 3. The van der Waals surface area contributed by atoms with Gasteiger partial charge in [-0.25, -0.2) is 4.79 Å². The molecule has 0 aliphatic rings. The SMILES string of the molecule is Cc1cccc(OCCNC(=O)NCCc2c[nH]c3ccccc23)c1C. The molecule has 0 aliphatic heterocycles. The summed E-state index contributed by atoms with van der Waals surface area (Å²) in [6.45, 7) is 5.59. The Labute approximate surface area is 153 Å². The van der Waals surface area contributed by atoms with E-state index in [1.165, 1.54) is 16.5 Å². The topological polar surface area (TPSA) is 66.2 Å². The van der Waals surface area contributed by atoms with Crippen molar-refractivity contribution in [3.63, 3.8) is 0 Å². The molecule has 26 heavy (non-hydrogen) atoms. The van der Waals surface area contributed by atoms with Gasteiger partial charge in [-0.2, -0.15) is 0 Å². The fraction of sp³-hybridized carbons (Fsp3) is 0.286. The van der Waals surface area contributed by atoms with Crippen molar-refractivity contribution in [2.24, 2.45) is 0 Å². The summed E-state index contributed by atoms with van der Waals surface area (Å²) in [4.78, 5) is 15.1. The first-order chi connectivity index (χ1) is 12.6. The molecule has 1 aromatic heterocycles. The lowest BCUT2D eigenvalue weighted by atomic mass is 10.1. The summed E-state index contributed by atoms with van der Waals surface area (Å²) in [6.07, 6.45) is 2.79. The highest BCUT2D eigenvalue weighted by atomic mass is 16.5. The van der Waals surface area contributed by atoms with Crippen LogP contribution in [-0.4, -0.2) is 30.7 Å². The van der Waals surface area contributed by atoms with Crippen molar-refractivity contribution in [3.8, 4) is 5.75 Å². The van der Waals surface area contributed by atoms with Crippen molar-refractivity contribution in [2.45, 2.75) is 20.3 Å². The van der Waals surface area contributed by atoms with Crippen LogP contribution in [-0.2, 0) is 6.42 Å². The number of carbonyl (C=O) groups excluding carboxylic acids is 1. The maximum Gasteiger partial charge on any atom is 0.314 e. The Kier molecular flexibility index (Phi) is 5.79. The van der Waals surface area contributed by atoms with Gasteiger partial charge in [-0.15, -0.1) is 0 Å². The molecule has 0 fully saturated rings. The van der Waals surface area contributed by atoms with Crippen LogP contribution in [0.5, 0.6) is 5.75 Å². The molecule has 5 heteroatoms. The number of urea groups is 1. The number of para-hydroxylation sites is 1. The molecule has 3 N–H and O–H groups in total. The molecule has 0 bridgehead atoms. The smallest absolute Gasteiger partial charge is 0.314 e. The standard InChI is InChI=1S/C21H25N3O2/c1-15-6-5-9-20(16(15)2)26-13-12-23-21(25)22-11-10-17-14-24-19-8-4-3-7-18(17)19/h3-9,14,24H,10-13H2,1-2H3,(H2,22,23,25). The van der Waals surface area contributed by atoms with Crippen LogP contribution in [0.1, 0.15) is 16.7 Å². The van der Waals surface area contributed by atoms with Crippen molar-refractivity contribution < 1.29 is 9.53 Å². The lowest BCUT2D eigenvalue weighted by Gasteiger charge is -2.12. The highest BCUT2D eigenvalue weighted by Gasteiger charge is 2.05. The largest absolute Gasteiger partial charge is 0.491 e. The molecule has 3 rings (SSSR count). The van der Waals surface area contributed by atoms with E-state index in [9.17, 15) is 4.79 Å². The molecule has 136 valence electrons. The van der Waals surface area contributed by atoms with Gasteiger partial charge in [0.1, 0.15) is 12.4 Å². The lowest BCUT2D eigenvalue weighted by Crippen LogP contribution is -2.38. The minimum atomic E-state index is -0.172. The molecular weight excluding hydrogens is 326 g/mol. The molecule has 1 heterocycles. The van der Waals surface area contributed by atoms with E-state index in [1.54, 1.807) is 0 Å². The summed E-state index contributed by atoms with van der Waals surface area (Å²) in [5.41, 5.74) is 4.66. The summed E-state index contributed by atoms with van der Waals surface area (Å²) < 4.78 is 5.73. The van der Waals surface area contributed by atoms with Crippen molar-refractivity contribution in [1.82, 2.24) is 15.6 Å². The van der Waals surface area contributed by atoms with E-state index < -0.39 is 0 Å². The van der Waals surface area contributed by atoms with Gasteiger partial charge in [0.05, 0.1) is 6.54 Å². The summed E-state index contributed by atoms with van der Waals surface area (Å²) in [6, 6.07) is 14.0. The van der Waals surface area contributed by atoms with E-state index in [0.717, 1.165) is 23.3 Å². The summed E-state index contributed by atoms with van der Waals surface area (Å²) >= 11 is 0. The number of hydrogen-bond acceptors (Lipinski definition) is 2. The molecule has 0 atom stereocenters. The molecule has 0 saturated carbocycles. The van der Waals surface area contributed by atoms with Gasteiger partial charge in [-0.3, -0.25) is 0 Å². The number of aryl methyl sites for hydroxylation is 1. The monoisotopic (exact) mass is 351 g/mol. The predicted octanol–water partition coefficient (Wildman–Crippen LogP) is 3.71. The fourth-order valence-electron chi connectivity index (χ4n) is 2.92. The van der Waals surface area contributed by atoms with Crippen LogP contribution in [0.25, 0.3) is 10.9 Å². The van der Waals surface area contributed by atoms with Crippen LogP contribution in [0.2, 0.25) is 0 Å². The van der Waals surface area contributed by atoms with Crippen molar-refractivity contribution in [1.29, 1.82) is 0 Å². The molecule has 5 nitrogen and oxygen atoms in total. The van der Waals surface area contributed by atoms with E-state index in [2.05, 4.69) is 40.7 Å². The van der Waals surface area contributed by atoms with Crippen molar-refractivity contribution in [2.75, 3.05) is 19.7 Å². The van der Waals surface area contributed by atoms with E-state index >= 15 is 0 Å². The maximum atomic E-state index is 11.9. The molecule has 3 aromatic rings. The number of carbonyl (C=O) groups is 1. The fourth-order valence-corrected chi connectivity index (χ4v) is 2.92. The first kappa shape index (κ1) is 17.9. The van der Waals surface area contributed by atoms with Crippen molar-refractivity contribution in [3.05, 3.63) is 65.4 Å². The summed E-state index contributed by atoms with van der Waals surface area (Å²) in [5, 5.41) is 6.91. The van der Waals surface area contributed by atoms with Crippen LogP contribution >= 0.6 is 0 Å². The van der Waals surface area contributed by atoms with Gasteiger partial charge in [0.25, 0.3) is 0 Å². The Hall–Kier alpha value is -2.95. The van der Waals surface area contributed by atoms with Gasteiger partial charge >= 0.3 is 6.03 Å². The van der Waals surface area contributed by atoms with Gasteiger partial charge in [0.15, 0.2) is 0 Å². The minimum absolute atomic E-state index is 0.172. The molecule has 0 aliphatic carbocycles. The molecule has 0 spiro atoms. The summed E-state index contributed by atoms with van der Waals surface area (Å²) in [5.74, 6) is 0.867. The summed E-state index contributed by atoms with van der Waals surface area (Å²) in [7, 11) is 0. The first-order valence-electron chi connectivity index (χ1n) is 8.91. The average Bonchev–Trinajstić information content (AvgIpc) is 3.05. The van der Waals surface area contributed by atoms with Gasteiger partial charge in [0.2, 0.25) is 0 Å². The highest BCUT2D eigenvalue weighted by molar-refractivity contribution is 5.83. The van der Waals surface area contributed by atoms with Crippen LogP contribution in [0.15, 0.2) is 48.7 Å². The minimum Gasteiger partial charge on any atom is -0.491 e. The molecular formula is C21H25N3O2. The van der Waals surface area contributed by atoms with Crippen LogP contribution in [0.3, 0.4) is 0 Å². The number of ether oxygens (including phenoxy) is 1. The van der Waals surface area contributed by atoms with Gasteiger partial charge < -0.3 is 20.4 Å². The normalized spacial score (nSPS) is 10.7. The zero-order valence-electron chi connectivity index (χ0n) is 15.3. The Morgan fingerprint density at radius 2 is 1.85 bits per heavy atom. The second-order valence-corrected chi connectivity index (χ2v) is 6.34. The highest BCUT2D eigenvalue weighted by Crippen LogP contribution is 2.20. The second-order valence-electron chi connectivity index (χ2n) is 6.34. The van der Waals surface area contributed by atoms with Gasteiger partial charge in [-0.05, 0) is 49.1 Å². The first-order valence-corrected chi connectivity index (χ1v) is 8.91.